The summed E-state index contributed by atoms with van der Waals surface area (Å²) in [6, 6.07) is 9.03. The lowest BCUT2D eigenvalue weighted by Crippen LogP contribution is -2.16. The number of rotatable bonds is 7. The molecule has 1 aromatic carbocycles. The van der Waals surface area contributed by atoms with Gasteiger partial charge in [0, 0.05) is 23.3 Å². The Balaban J connectivity index is 1.54. The van der Waals surface area contributed by atoms with E-state index in [1.807, 2.05) is 0 Å². The molecule has 0 spiro atoms. The molecule has 0 unspecified atom stereocenters. The van der Waals surface area contributed by atoms with Gasteiger partial charge in [-0.15, -0.1) is 11.3 Å². The van der Waals surface area contributed by atoms with Crippen LogP contribution in [0, 0.1) is 0 Å². The zero-order valence-electron chi connectivity index (χ0n) is 15.9. The van der Waals surface area contributed by atoms with Crippen LogP contribution in [0.3, 0.4) is 0 Å². The molecule has 0 bridgehead atoms. The standard InChI is InChI=1S/C20H18N4O5S/c1-2-29-19(28)12-3-6-14(7-4-12)22-17(26)9-15-11-30-20(23-15)24-18(27)13-5-8-16(25)21-10-13/h3-8,10-11H,2,9H2,1H3,(H,21,25)(H,22,26)(H,23,24,27). The molecule has 2 aromatic heterocycles. The van der Waals surface area contributed by atoms with Crippen molar-refractivity contribution in [3.8, 4) is 0 Å². The number of benzene rings is 1. The highest BCUT2D eigenvalue weighted by molar-refractivity contribution is 7.14. The van der Waals surface area contributed by atoms with E-state index in [0.717, 1.165) is 0 Å². The summed E-state index contributed by atoms with van der Waals surface area (Å²) in [5.74, 6) is -1.13. The highest BCUT2D eigenvalue weighted by Crippen LogP contribution is 2.17. The number of amides is 2. The maximum absolute atomic E-state index is 12.2. The number of aromatic amines is 1. The second-order valence-electron chi connectivity index (χ2n) is 6.06. The van der Waals surface area contributed by atoms with E-state index in [1.54, 1.807) is 36.6 Å². The normalized spacial score (nSPS) is 10.3. The topological polar surface area (TPSA) is 130 Å². The number of carbonyl (C=O) groups excluding carboxylic acids is 3. The summed E-state index contributed by atoms with van der Waals surface area (Å²) in [5, 5.41) is 7.35. The van der Waals surface area contributed by atoms with Crippen LogP contribution in [0.15, 0.2) is 52.8 Å². The number of thiazole rings is 1. The first-order valence-electron chi connectivity index (χ1n) is 8.96. The highest BCUT2D eigenvalue weighted by atomic mass is 32.1. The summed E-state index contributed by atoms with van der Waals surface area (Å²) in [6.45, 7) is 2.02. The van der Waals surface area contributed by atoms with Gasteiger partial charge in [-0.3, -0.25) is 19.7 Å². The molecule has 0 atom stereocenters. The van der Waals surface area contributed by atoms with Crippen LogP contribution in [0.25, 0.3) is 0 Å². The SMILES string of the molecule is CCOC(=O)c1ccc(NC(=O)Cc2csc(NC(=O)c3ccc(=O)[nH]c3)n2)cc1. The first kappa shape index (κ1) is 20.9. The van der Waals surface area contributed by atoms with Gasteiger partial charge < -0.3 is 15.0 Å². The van der Waals surface area contributed by atoms with Gasteiger partial charge >= 0.3 is 5.97 Å². The minimum atomic E-state index is -0.422. The fourth-order valence-corrected chi connectivity index (χ4v) is 3.15. The summed E-state index contributed by atoms with van der Waals surface area (Å²) >= 11 is 1.19. The molecule has 0 fully saturated rings. The van der Waals surface area contributed by atoms with Crippen molar-refractivity contribution in [2.75, 3.05) is 17.2 Å². The molecule has 30 heavy (non-hydrogen) atoms. The van der Waals surface area contributed by atoms with Crippen LogP contribution in [0.4, 0.5) is 10.8 Å². The maximum Gasteiger partial charge on any atom is 0.338 e. The smallest absolute Gasteiger partial charge is 0.338 e. The third-order valence-electron chi connectivity index (χ3n) is 3.84. The Bertz CT molecular complexity index is 1100. The molecule has 3 rings (SSSR count). The number of ether oxygens (including phenoxy) is 1. The number of aromatic nitrogens is 2. The number of esters is 1. The summed E-state index contributed by atoms with van der Waals surface area (Å²) in [4.78, 5) is 53.7. The van der Waals surface area contributed by atoms with Gasteiger partial charge in [0.25, 0.3) is 5.91 Å². The second kappa shape index (κ2) is 9.61. The lowest BCUT2D eigenvalue weighted by Gasteiger charge is -2.06. The lowest BCUT2D eigenvalue weighted by atomic mass is 10.2. The Hall–Kier alpha value is -3.79. The number of hydrogen-bond acceptors (Lipinski definition) is 7. The van der Waals surface area contributed by atoms with E-state index in [0.29, 0.717) is 22.1 Å². The average molecular weight is 426 g/mol. The zero-order valence-corrected chi connectivity index (χ0v) is 16.7. The highest BCUT2D eigenvalue weighted by Gasteiger charge is 2.12. The molecule has 3 N–H and O–H groups in total. The molecule has 0 saturated heterocycles. The van der Waals surface area contributed by atoms with Gasteiger partial charge in [-0.1, -0.05) is 0 Å². The largest absolute Gasteiger partial charge is 0.462 e. The van der Waals surface area contributed by atoms with Crippen molar-refractivity contribution >= 4 is 39.9 Å². The quantitative estimate of drug-likeness (QED) is 0.498. The molecule has 2 heterocycles. The minimum Gasteiger partial charge on any atom is -0.462 e. The molecule has 0 aliphatic carbocycles. The summed E-state index contributed by atoms with van der Waals surface area (Å²) < 4.78 is 4.91. The predicted molar refractivity (Wildman–Crippen MR) is 112 cm³/mol. The van der Waals surface area contributed by atoms with E-state index in [-0.39, 0.29) is 30.1 Å². The van der Waals surface area contributed by atoms with Crippen LogP contribution >= 0.6 is 11.3 Å². The van der Waals surface area contributed by atoms with Crippen LogP contribution in [-0.2, 0) is 16.0 Å². The van der Waals surface area contributed by atoms with Gasteiger partial charge in [0.1, 0.15) is 0 Å². The number of carbonyl (C=O) groups is 3. The third kappa shape index (κ3) is 5.61. The van der Waals surface area contributed by atoms with Gasteiger partial charge in [-0.25, -0.2) is 9.78 Å². The first-order chi connectivity index (χ1) is 14.4. The van der Waals surface area contributed by atoms with Gasteiger partial charge in [0.05, 0.1) is 29.8 Å². The Morgan fingerprint density at radius 1 is 1.07 bits per heavy atom. The molecular weight excluding hydrogens is 408 g/mol. The summed E-state index contributed by atoms with van der Waals surface area (Å²) in [6.07, 6.45) is 1.33. The molecule has 10 heteroatoms. The van der Waals surface area contributed by atoms with E-state index < -0.39 is 11.9 Å². The predicted octanol–water partition coefficient (Wildman–Crippen LogP) is 2.44. The second-order valence-corrected chi connectivity index (χ2v) is 6.92. The van der Waals surface area contributed by atoms with Gasteiger partial charge in [0.2, 0.25) is 11.5 Å². The fourth-order valence-electron chi connectivity index (χ4n) is 2.44. The summed E-state index contributed by atoms with van der Waals surface area (Å²) in [7, 11) is 0. The number of hydrogen-bond donors (Lipinski definition) is 3. The molecule has 0 aliphatic rings. The summed E-state index contributed by atoms with van der Waals surface area (Å²) in [5.41, 5.74) is 1.42. The van der Waals surface area contributed by atoms with Gasteiger partial charge in [-0.2, -0.15) is 0 Å². The molecule has 154 valence electrons. The Morgan fingerprint density at radius 2 is 1.80 bits per heavy atom. The van der Waals surface area contributed by atoms with Crippen LogP contribution in [0.1, 0.15) is 33.3 Å². The van der Waals surface area contributed by atoms with E-state index in [9.17, 15) is 19.2 Å². The van der Waals surface area contributed by atoms with Crippen molar-refractivity contribution in [3.63, 3.8) is 0 Å². The number of H-pyrrole nitrogens is 1. The van der Waals surface area contributed by atoms with Crippen molar-refractivity contribution in [2.24, 2.45) is 0 Å². The first-order valence-corrected chi connectivity index (χ1v) is 9.84. The molecule has 2 amide bonds. The van der Waals surface area contributed by atoms with Crippen LogP contribution < -0.4 is 16.2 Å². The van der Waals surface area contributed by atoms with E-state index >= 15 is 0 Å². The van der Waals surface area contributed by atoms with Crippen LogP contribution in [0.2, 0.25) is 0 Å². The van der Waals surface area contributed by atoms with Crippen molar-refractivity contribution in [1.29, 1.82) is 0 Å². The molecule has 0 radical (unpaired) electrons. The molecule has 9 nitrogen and oxygen atoms in total. The molecule has 0 saturated carbocycles. The van der Waals surface area contributed by atoms with Crippen molar-refractivity contribution in [2.45, 2.75) is 13.3 Å². The maximum atomic E-state index is 12.2. The Morgan fingerprint density at radius 3 is 2.47 bits per heavy atom. The third-order valence-corrected chi connectivity index (χ3v) is 4.65. The monoisotopic (exact) mass is 426 g/mol. The minimum absolute atomic E-state index is 0.0185. The van der Waals surface area contributed by atoms with Gasteiger partial charge in [0.15, 0.2) is 5.13 Å². The van der Waals surface area contributed by atoms with E-state index in [1.165, 1.54) is 29.7 Å². The Kier molecular flexibility index (Phi) is 6.71. The number of anilines is 2. The number of nitrogens with zero attached hydrogens (tertiary/aromatic N) is 1. The number of pyridine rings is 1. The molecule has 3 aromatic rings. The van der Waals surface area contributed by atoms with Crippen molar-refractivity contribution < 1.29 is 19.1 Å². The average Bonchev–Trinajstić information content (AvgIpc) is 3.15. The molecular formula is C20H18N4O5S. The lowest BCUT2D eigenvalue weighted by molar-refractivity contribution is -0.115. The van der Waals surface area contributed by atoms with Crippen LogP contribution in [0.5, 0.6) is 0 Å². The van der Waals surface area contributed by atoms with Crippen molar-refractivity contribution in [1.82, 2.24) is 9.97 Å². The number of nitrogens with one attached hydrogen (secondary N) is 3. The van der Waals surface area contributed by atoms with Crippen LogP contribution in [-0.4, -0.2) is 34.4 Å². The Labute approximate surface area is 175 Å². The van der Waals surface area contributed by atoms with E-state index in [2.05, 4.69) is 20.6 Å². The van der Waals surface area contributed by atoms with Crippen molar-refractivity contribution in [3.05, 3.63) is 75.1 Å². The van der Waals surface area contributed by atoms with E-state index in [4.69, 9.17) is 4.74 Å². The zero-order chi connectivity index (χ0) is 21.5. The fraction of sp³-hybridized carbons (Fsp3) is 0.150. The molecule has 0 aliphatic heterocycles. The van der Waals surface area contributed by atoms with Gasteiger partial charge in [-0.05, 0) is 37.3 Å².